The lowest BCUT2D eigenvalue weighted by atomic mass is 9.12. The van der Waals surface area contributed by atoms with Gasteiger partial charge in [-0.2, -0.15) is 132 Å². The van der Waals surface area contributed by atoms with E-state index in [4.69, 9.17) is 5.11 Å². The molecule has 74 heavy (non-hydrogen) atoms. The molecule has 6 aromatic rings. The van der Waals surface area contributed by atoms with Gasteiger partial charge in [0, 0.05) is 17.7 Å². The number of halogens is 24. The number of hydrogen-bond acceptors (Lipinski definition) is 1. The van der Waals surface area contributed by atoms with Gasteiger partial charge in [0.2, 0.25) is 0 Å². The Morgan fingerprint density at radius 2 is 0.608 bits per heavy atom. The van der Waals surface area contributed by atoms with Crippen molar-refractivity contribution in [2.45, 2.75) is 62.4 Å². The zero-order valence-corrected chi connectivity index (χ0v) is 36.0. The average Bonchev–Trinajstić information content (AvgIpc) is 3.25. The first-order valence-electron chi connectivity index (χ1n) is 20.1. The molecular weight excluding hydrogens is 1070 g/mol. The second kappa shape index (κ2) is 20.1. The number of carboxylic acid groups (broad SMARTS) is 1. The minimum absolute atomic E-state index is 0.0493. The summed E-state index contributed by atoms with van der Waals surface area (Å²) in [6, 6.07) is 6.80. The smallest absolute Gasteiger partial charge is 0.416 e. The standard InChI is InChI=1S/C32H12BF24.C14H13NO2/c34-25(35,36)13-1-14(26(37,38)39)6-21(5-13)33(22-7-15(27(40,41)42)2-16(8-22)28(43,44)45,23-9-17(29(46,47)48)3-18(10-23)30(49,50)51)24-11-19(31(52,53)54)4-20(12-24)32(55,56)57;16-14(17)10-13-8-4-5-9-15(13)11-12-6-2-1-3-7-12/h1-12H;1-9H,10-11H2/q-1;/p+1. The first-order chi connectivity index (χ1) is 33.5. The molecule has 0 amide bonds. The number of carboxylic acids is 1. The fourth-order valence-electron chi connectivity index (χ4n) is 7.83. The quantitative estimate of drug-likeness (QED) is 0.0937. The minimum atomic E-state index is -6.13. The molecule has 28 heteroatoms. The lowest BCUT2D eigenvalue weighted by Gasteiger charge is -2.46. The predicted molar refractivity (Wildman–Crippen MR) is 214 cm³/mol. The highest BCUT2D eigenvalue weighted by molar-refractivity contribution is 7.20. The molecule has 0 aliphatic carbocycles. The molecule has 1 heterocycles. The Labute approximate surface area is 399 Å². The average molecular weight is 1090 g/mol. The molecule has 6 rings (SSSR count). The molecule has 0 unspecified atom stereocenters. The summed E-state index contributed by atoms with van der Waals surface area (Å²) in [4.78, 5) is 10.8. The number of aromatic nitrogens is 1. The molecule has 1 aromatic heterocycles. The van der Waals surface area contributed by atoms with Gasteiger partial charge in [-0.15, -0.1) is 0 Å². The molecule has 0 fully saturated rings. The number of benzene rings is 5. The molecule has 398 valence electrons. The molecule has 0 atom stereocenters. The summed E-state index contributed by atoms with van der Waals surface area (Å²) in [7, 11) is 0. The van der Waals surface area contributed by atoms with Crippen molar-refractivity contribution in [3.63, 3.8) is 0 Å². The van der Waals surface area contributed by atoms with Gasteiger partial charge in [0.25, 0.3) is 0 Å². The summed E-state index contributed by atoms with van der Waals surface area (Å²) in [6.07, 6.45) is -52.8. The van der Waals surface area contributed by atoms with Gasteiger partial charge >= 0.3 is 55.4 Å². The summed E-state index contributed by atoms with van der Waals surface area (Å²) >= 11 is 0. The number of aliphatic carboxylic acids is 1. The molecule has 0 spiro atoms. The highest BCUT2D eigenvalue weighted by Gasteiger charge is 2.47. The van der Waals surface area contributed by atoms with Crippen molar-refractivity contribution in [1.29, 1.82) is 0 Å². The van der Waals surface area contributed by atoms with E-state index >= 15 is 0 Å². The van der Waals surface area contributed by atoms with Gasteiger partial charge in [-0.3, -0.25) is 4.79 Å². The van der Waals surface area contributed by atoms with E-state index in [2.05, 4.69) is 0 Å². The Morgan fingerprint density at radius 3 is 0.838 bits per heavy atom. The van der Waals surface area contributed by atoms with E-state index in [1.165, 1.54) is 0 Å². The molecule has 0 bridgehead atoms. The summed E-state index contributed by atoms with van der Waals surface area (Å²) in [5, 5.41) is 8.84. The normalized spacial score (nSPS) is 13.4. The summed E-state index contributed by atoms with van der Waals surface area (Å²) in [5.41, 5.74) is -28.2. The van der Waals surface area contributed by atoms with Crippen molar-refractivity contribution in [2.75, 3.05) is 0 Å². The van der Waals surface area contributed by atoms with Gasteiger partial charge in [-0.1, -0.05) is 84.9 Å². The Kier molecular flexibility index (Phi) is 15.7. The molecule has 0 saturated carbocycles. The number of nitrogens with zero attached hydrogens (tertiary/aromatic N) is 1. The summed E-state index contributed by atoms with van der Waals surface area (Å²) < 4.78 is 343. The first kappa shape index (κ1) is 58.0. The Morgan fingerprint density at radius 1 is 0.365 bits per heavy atom. The first-order valence-corrected chi connectivity index (χ1v) is 20.1. The van der Waals surface area contributed by atoms with Crippen LogP contribution in [0.1, 0.15) is 55.8 Å². The zero-order valence-electron chi connectivity index (χ0n) is 36.0. The molecule has 3 nitrogen and oxygen atoms in total. The van der Waals surface area contributed by atoms with Gasteiger partial charge < -0.3 is 5.11 Å². The second-order valence-electron chi connectivity index (χ2n) is 16.1. The lowest BCUT2D eigenvalue weighted by Crippen LogP contribution is -2.75. The molecular formula is C46H26BF24NO2. The van der Waals surface area contributed by atoms with Crippen molar-refractivity contribution in [1.82, 2.24) is 0 Å². The van der Waals surface area contributed by atoms with Crippen LogP contribution in [0, 0.1) is 0 Å². The van der Waals surface area contributed by atoms with Crippen LogP contribution >= 0.6 is 0 Å². The Balaban J connectivity index is 0.000000500. The molecule has 1 N–H and O–H groups in total. The highest BCUT2D eigenvalue weighted by atomic mass is 19.4. The van der Waals surface area contributed by atoms with Crippen LogP contribution < -0.4 is 26.4 Å². The highest BCUT2D eigenvalue weighted by Crippen LogP contribution is 2.41. The van der Waals surface area contributed by atoms with Crippen molar-refractivity contribution in [3.05, 3.63) is 183 Å². The summed E-state index contributed by atoms with van der Waals surface area (Å²) in [5.74, 6) is -0.807. The van der Waals surface area contributed by atoms with Crippen LogP contribution in [0.3, 0.4) is 0 Å². The van der Waals surface area contributed by atoms with E-state index in [9.17, 15) is 110 Å². The van der Waals surface area contributed by atoms with Crippen LogP contribution in [-0.4, -0.2) is 17.2 Å². The SMILES string of the molecule is FC(F)(F)c1cc([B-](c2cc(C(F)(F)F)cc(C(F)(F)F)c2)(c2cc(C(F)(F)F)cc(C(F)(F)F)c2)c2cc(C(F)(F)F)cc(C(F)(F)F)c2)cc(C(F)(F)F)c1.O=C(O)Cc1cccc[n+]1Cc1ccccc1. The van der Waals surface area contributed by atoms with Crippen LogP contribution in [0.15, 0.2) is 128 Å². The van der Waals surface area contributed by atoms with Crippen LogP contribution in [0.4, 0.5) is 105 Å². The molecule has 5 aromatic carbocycles. The van der Waals surface area contributed by atoms with E-state index in [1.807, 2.05) is 59.3 Å². The topological polar surface area (TPSA) is 41.2 Å². The van der Waals surface area contributed by atoms with E-state index in [0.29, 0.717) is 6.54 Å². The van der Waals surface area contributed by atoms with Crippen molar-refractivity contribution >= 4 is 34.0 Å². The monoisotopic (exact) mass is 1090 g/mol. The van der Waals surface area contributed by atoms with E-state index in [-0.39, 0.29) is 6.42 Å². The number of rotatable bonds is 8. The number of carbonyl (C=O) groups is 1. The molecule has 0 radical (unpaired) electrons. The van der Waals surface area contributed by atoms with Crippen LogP contribution in [-0.2, 0) is 67.2 Å². The maximum absolute atomic E-state index is 14.2. The fourth-order valence-corrected chi connectivity index (χ4v) is 7.83. The van der Waals surface area contributed by atoms with Gasteiger partial charge in [-0.25, -0.2) is 0 Å². The fraction of sp³-hybridized carbons (Fsp3) is 0.217. The molecule has 0 aliphatic heterocycles. The van der Waals surface area contributed by atoms with Crippen LogP contribution in [0.5, 0.6) is 0 Å². The van der Waals surface area contributed by atoms with E-state index in [1.54, 1.807) is 0 Å². The number of pyridine rings is 1. The summed E-state index contributed by atoms with van der Waals surface area (Å²) in [6.45, 7) is 0.699. The van der Waals surface area contributed by atoms with Gasteiger partial charge in [0.15, 0.2) is 18.4 Å². The van der Waals surface area contributed by atoms with Gasteiger partial charge in [-0.05, 0) is 24.3 Å². The van der Waals surface area contributed by atoms with Crippen molar-refractivity contribution in [3.8, 4) is 0 Å². The minimum Gasteiger partial charge on any atom is -0.481 e. The molecule has 0 aliphatic rings. The van der Waals surface area contributed by atoms with Crippen molar-refractivity contribution in [2.24, 2.45) is 0 Å². The van der Waals surface area contributed by atoms with Gasteiger partial charge in [0.1, 0.15) is 12.6 Å². The lowest BCUT2D eigenvalue weighted by molar-refractivity contribution is -0.695. The zero-order chi connectivity index (χ0) is 56.0. The largest absolute Gasteiger partial charge is 0.481 e. The Hall–Kier alpha value is -6.90. The third-order valence-electron chi connectivity index (χ3n) is 11.0. The van der Waals surface area contributed by atoms with Crippen molar-refractivity contribution < 1.29 is 120 Å². The van der Waals surface area contributed by atoms with Gasteiger partial charge in [0.05, 0.1) is 44.5 Å². The maximum atomic E-state index is 14.2. The van der Waals surface area contributed by atoms with E-state index in [0.717, 1.165) is 11.3 Å². The maximum Gasteiger partial charge on any atom is 0.416 e. The van der Waals surface area contributed by atoms with Crippen LogP contribution in [0.2, 0.25) is 0 Å². The van der Waals surface area contributed by atoms with Crippen LogP contribution in [0.25, 0.3) is 0 Å². The molecule has 0 saturated heterocycles. The third-order valence-corrected chi connectivity index (χ3v) is 11.0. The van der Waals surface area contributed by atoms with E-state index < -0.39 is 201 Å². The number of hydrogen-bond donors (Lipinski definition) is 1. The Bertz CT molecular complexity index is 2540. The third kappa shape index (κ3) is 13.6. The number of alkyl halides is 24. The second-order valence-corrected chi connectivity index (χ2v) is 16.1. The predicted octanol–water partition coefficient (Wildman–Crippen LogP) is 12.9.